The summed E-state index contributed by atoms with van der Waals surface area (Å²) in [6.45, 7) is 1.43. The van der Waals surface area contributed by atoms with Crippen LogP contribution in [-0.2, 0) is 0 Å². The lowest BCUT2D eigenvalue weighted by Gasteiger charge is -1.15. The lowest BCUT2D eigenvalue weighted by molar-refractivity contribution is 1.49. The van der Waals surface area contributed by atoms with Crippen molar-refractivity contribution in [2.45, 2.75) is 6.92 Å². The molecule has 0 aromatic heterocycles. The van der Waals surface area contributed by atoms with E-state index in [1.807, 2.05) is 0 Å². The number of nitrogens with zero attached hydrogens (tertiary/aromatic N) is 1. The van der Waals surface area contributed by atoms with Gasteiger partial charge in [0.05, 0.1) is 6.07 Å². The molecular formula is C2H5NS2. The van der Waals surface area contributed by atoms with E-state index in [9.17, 15) is 0 Å². The van der Waals surface area contributed by atoms with Crippen molar-refractivity contribution < 1.29 is 0 Å². The van der Waals surface area contributed by atoms with Gasteiger partial charge in [-0.05, 0) is 0 Å². The van der Waals surface area contributed by atoms with Crippen molar-refractivity contribution in [3.63, 3.8) is 0 Å². The molecule has 0 bridgehead atoms. The fourth-order valence-electron chi connectivity index (χ4n) is 0. The van der Waals surface area contributed by atoms with E-state index in [-0.39, 0.29) is 0 Å². The van der Waals surface area contributed by atoms with Gasteiger partial charge in [-0.1, -0.05) is 0 Å². The van der Waals surface area contributed by atoms with Crippen LogP contribution >= 0.6 is 23.3 Å². The van der Waals surface area contributed by atoms with Gasteiger partial charge in [-0.25, -0.2) is 0 Å². The van der Waals surface area contributed by atoms with E-state index >= 15 is 0 Å². The highest BCUT2D eigenvalue weighted by molar-refractivity contribution is 8.59. The molecule has 0 aromatic rings. The molecule has 0 N–H and O–H groups in total. The first-order valence-electron chi connectivity index (χ1n) is 0.924. The second-order valence-electron chi connectivity index (χ2n) is 0.224. The van der Waals surface area contributed by atoms with Crippen LogP contribution in [0.5, 0.6) is 0 Å². The maximum absolute atomic E-state index is 7.32. The predicted molar refractivity (Wildman–Crippen MR) is 29.3 cm³/mol. The molecule has 0 saturated carbocycles. The zero-order chi connectivity index (χ0) is 4.71. The van der Waals surface area contributed by atoms with Crippen LogP contribution in [0.1, 0.15) is 6.92 Å². The molecule has 0 aliphatic rings. The highest BCUT2D eigenvalue weighted by atomic mass is 33.1. The number of thiol groups is 2. The molecule has 0 aliphatic carbocycles. The summed E-state index contributed by atoms with van der Waals surface area (Å²) in [7, 11) is 0. The smallest absolute Gasteiger partial charge is 0.0587 e. The summed E-state index contributed by atoms with van der Waals surface area (Å²) in [6.07, 6.45) is 0. The van der Waals surface area contributed by atoms with Gasteiger partial charge in [-0.3, -0.25) is 0 Å². The lowest BCUT2D eigenvalue weighted by Crippen LogP contribution is -1.10. The van der Waals surface area contributed by atoms with Gasteiger partial charge in [0, 0.05) is 6.92 Å². The molecule has 0 fully saturated rings. The predicted octanol–water partition coefficient (Wildman–Crippen LogP) is 1.29. The zero-order valence-electron chi connectivity index (χ0n) is 2.84. The van der Waals surface area contributed by atoms with Crippen LogP contribution in [0.2, 0.25) is 0 Å². The normalized spacial score (nSPS) is 2.80. The van der Waals surface area contributed by atoms with Gasteiger partial charge in [-0.2, -0.15) is 5.26 Å². The molecule has 0 saturated heterocycles. The largest absolute Gasteiger partial charge is 0.199 e. The number of hydrogen-bond donors (Lipinski definition) is 2. The Bertz CT molecular complexity index is 29.1. The highest BCUT2D eigenvalue weighted by Gasteiger charge is 1.17. The summed E-state index contributed by atoms with van der Waals surface area (Å²) < 4.78 is 0. The van der Waals surface area contributed by atoms with Gasteiger partial charge in [0.2, 0.25) is 0 Å². The third kappa shape index (κ3) is 557. The minimum atomic E-state index is 1.43. The quantitative estimate of drug-likeness (QED) is 0.354. The standard InChI is InChI=1S/C2H3N.H2S2/c1-2-3;1-2/h1H3;1-2H. The summed E-state index contributed by atoms with van der Waals surface area (Å²) in [5, 5.41) is 7.32. The van der Waals surface area contributed by atoms with Crippen LogP contribution in [0.25, 0.3) is 0 Å². The van der Waals surface area contributed by atoms with Crippen molar-refractivity contribution >= 4 is 23.3 Å². The Kier molecular flexibility index (Phi) is 53.9. The molecule has 3 heteroatoms. The minimum absolute atomic E-state index is 1.43. The van der Waals surface area contributed by atoms with Crippen LogP contribution in [0.4, 0.5) is 0 Å². The van der Waals surface area contributed by atoms with Crippen LogP contribution in [0.15, 0.2) is 0 Å². The van der Waals surface area contributed by atoms with Crippen LogP contribution in [0.3, 0.4) is 0 Å². The molecule has 0 heterocycles. The molecule has 30 valence electrons. The lowest BCUT2D eigenvalue weighted by atomic mass is 11.0. The van der Waals surface area contributed by atoms with Crippen molar-refractivity contribution in [3.05, 3.63) is 0 Å². The second kappa shape index (κ2) is 30.1. The number of rotatable bonds is 0. The highest BCUT2D eigenvalue weighted by Crippen LogP contribution is 1.65. The first-order chi connectivity index (χ1) is 2.41. The number of hydrogen-bond acceptors (Lipinski definition) is 3. The molecule has 5 heavy (non-hydrogen) atoms. The number of nitriles is 1. The zero-order valence-corrected chi connectivity index (χ0v) is 4.63. The maximum atomic E-state index is 7.32. The topological polar surface area (TPSA) is 23.8 Å². The second-order valence-corrected chi connectivity index (χ2v) is 0.224. The average molecular weight is 107 g/mol. The van der Waals surface area contributed by atoms with Crippen LogP contribution < -0.4 is 0 Å². The molecule has 0 spiro atoms. The fraction of sp³-hybridized carbons (Fsp3) is 0.500. The van der Waals surface area contributed by atoms with Gasteiger partial charge in [0.15, 0.2) is 0 Å². The van der Waals surface area contributed by atoms with Gasteiger partial charge in [0.1, 0.15) is 0 Å². The van der Waals surface area contributed by atoms with Crippen LogP contribution in [0, 0.1) is 11.3 Å². The maximum Gasteiger partial charge on any atom is 0.0587 e. The van der Waals surface area contributed by atoms with Gasteiger partial charge < -0.3 is 0 Å². The SMILES string of the molecule is CC#N.SS. The Hall–Kier alpha value is 0.190. The first-order valence-corrected chi connectivity index (χ1v) is 2.52. The van der Waals surface area contributed by atoms with Crippen molar-refractivity contribution in [1.82, 2.24) is 0 Å². The Morgan fingerprint density at radius 2 is 1.60 bits per heavy atom. The summed E-state index contributed by atoms with van der Waals surface area (Å²) >= 11 is 6.44. The van der Waals surface area contributed by atoms with E-state index in [1.54, 1.807) is 6.07 Å². The molecule has 0 rings (SSSR count). The summed E-state index contributed by atoms with van der Waals surface area (Å²) in [5.74, 6) is 0. The van der Waals surface area contributed by atoms with Crippen molar-refractivity contribution in [3.8, 4) is 6.07 Å². The Labute approximate surface area is 42.2 Å². The van der Waals surface area contributed by atoms with E-state index in [4.69, 9.17) is 5.26 Å². The molecule has 0 aromatic carbocycles. The third-order valence-corrected chi connectivity index (χ3v) is 0. The Balaban J connectivity index is 0. The van der Waals surface area contributed by atoms with Gasteiger partial charge in [0.25, 0.3) is 0 Å². The molecule has 0 atom stereocenters. The minimum Gasteiger partial charge on any atom is -0.199 e. The Morgan fingerprint density at radius 3 is 1.60 bits per heavy atom. The van der Waals surface area contributed by atoms with Crippen molar-refractivity contribution in [2.24, 2.45) is 0 Å². The summed E-state index contributed by atoms with van der Waals surface area (Å²) in [5.41, 5.74) is 0. The average Bonchev–Trinajstić information content (AvgIpc) is 1.46. The molecule has 0 amide bonds. The van der Waals surface area contributed by atoms with E-state index in [2.05, 4.69) is 23.3 Å². The van der Waals surface area contributed by atoms with Gasteiger partial charge >= 0.3 is 0 Å². The molecule has 1 nitrogen and oxygen atoms in total. The summed E-state index contributed by atoms with van der Waals surface area (Å²) in [6, 6.07) is 1.75. The third-order valence-electron chi connectivity index (χ3n) is 0. The van der Waals surface area contributed by atoms with Crippen LogP contribution in [-0.4, -0.2) is 0 Å². The van der Waals surface area contributed by atoms with Gasteiger partial charge in [-0.15, -0.1) is 23.3 Å². The fourth-order valence-corrected chi connectivity index (χ4v) is 0. The monoisotopic (exact) mass is 107 g/mol. The van der Waals surface area contributed by atoms with E-state index < -0.39 is 0 Å². The first kappa shape index (κ1) is 8.95. The summed E-state index contributed by atoms with van der Waals surface area (Å²) in [4.78, 5) is 0. The molecule has 0 unspecified atom stereocenters. The Morgan fingerprint density at radius 1 is 1.60 bits per heavy atom. The van der Waals surface area contributed by atoms with Crippen molar-refractivity contribution in [1.29, 1.82) is 5.26 Å². The van der Waals surface area contributed by atoms with E-state index in [0.717, 1.165) is 0 Å². The molecule has 0 aliphatic heterocycles. The van der Waals surface area contributed by atoms with E-state index in [0.29, 0.717) is 0 Å². The molecule has 0 radical (unpaired) electrons. The van der Waals surface area contributed by atoms with E-state index in [1.165, 1.54) is 6.92 Å². The molecular weight excluding hydrogens is 102 g/mol. The van der Waals surface area contributed by atoms with Crippen molar-refractivity contribution in [2.75, 3.05) is 0 Å².